The summed E-state index contributed by atoms with van der Waals surface area (Å²) >= 11 is 6.50. The van der Waals surface area contributed by atoms with Gasteiger partial charge in [-0.05, 0) is 49.1 Å². The molecule has 0 aromatic carbocycles. The molecular weight excluding hydrogens is 876 g/mol. The number of halogens is 1. The molecule has 0 bridgehead atoms. The number of nitrogens with one attached hydrogen (secondary N) is 2. The second-order valence-electron chi connectivity index (χ2n) is 16.9. The number of aromatic nitrogens is 12. The van der Waals surface area contributed by atoms with E-state index in [0.717, 1.165) is 90.3 Å². The fraction of sp³-hybridized carbons (Fsp3) is 0.561. The molecule has 0 unspecified atom stereocenters. The van der Waals surface area contributed by atoms with Crippen molar-refractivity contribution < 1.29 is 17.9 Å². The number of nitrogens with zero attached hydrogens (tertiary/aromatic N) is 16. The molecule has 6 aromatic heterocycles. The topological polar surface area (TPSA) is 228 Å². The number of hydrogen-bond donors (Lipinski definition) is 2. The fourth-order valence-electron chi connectivity index (χ4n) is 8.24. The average molecular weight is 930 g/mol. The smallest absolute Gasteiger partial charge is 0.222 e. The van der Waals surface area contributed by atoms with Gasteiger partial charge in [0, 0.05) is 104 Å². The molecular formula is C41H53ClN18O4S. The first-order chi connectivity index (χ1) is 31.6. The fourth-order valence-corrected chi connectivity index (χ4v) is 9.30. The minimum atomic E-state index is -3.22. The highest BCUT2D eigenvalue weighted by atomic mass is 35.5. The van der Waals surface area contributed by atoms with E-state index in [1.807, 2.05) is 4.57 Å². The van der Waals surface area contributed by atoms with Crippen LogP contribution in [0.2, 0.25) is 5.28 Å². The molecule has 3 aliphatic heterocycles. The molecule has 0 spiro atoms. The lowest BCUT2D eigenvalue weighted by Crippen LogP contribution is -2.49. The lowest BCUT2D eigenvalue weighted by molar-refractivity contribution is 0.122. The van der Waals surface area contributed by atoms with Crippen LogP contribution in [0.3, 0.4) is 0 Å². The van der Waals surface area contributed by atoms with Crippen molar-refractivity contribution in [1.82, 2.24) is 63.3 Å². The van der Waals surface area contributed by atoms with Gasteiger partial charge >= 0.3 is 0 Å². The highest BCUT2D eigenvalue weighted by molar-refractivity contribution is 7.88. The summed E-state index contributed by atoms with van der Waals surface area (Å²) in [5, 5.41) is 6.33. The predicted molar refractivity (Wildman–Crippen MR) is 247 cm³/mol. The van der Waals surface area contributed by atoms with Gasteiger partial charge in [-0.3, -0.25) is 9.13 Å². The molecule has 344 valence electrons. The predicted octanol–water partition coefficient (Wildman–Crippen LogP) is 2.88. The van der Waals surface area contributed by atoms with Gasteiger partial charge in [-0.25, -0.2) is 58.3 Å². The summed E-state index contributed by atoms with van der Waals surface area (Å²) in [6.45, 7) is 9.24. The van der Waals surface area contributed by atoms with Crippen LogP contribution in [0, 0.1) is 11.8 Å². The van der Waals surface area contributed by atoms with Crippen molar-refractivity contribution in [2.75, 3.05) is 124 Å². The van der Waals surface area contributed by atoms with E-state index in [9.17, 15) is 8.42 Å². The summed E-state index contributed by atoms with van der Waals surface area (Å²) in [7, 11) is 0.348. The highest BCUT2D eigenvalue weighted by Gasteiger charge is 2.33. The first-order valence-corrected chi connectivity index (χ1v) is 24.4. The number of ether oxygens (including phenoxy) is 2. The van der Waals surface area contributed by atoms with Gasteiger partial charge in [0.05, 0.1) is 43.8 Å². The number of rotatable bonds is 12. The van der Waals surface area contributed by atoms with Crippen LogP contribution in [0.1, 0.15) is 25.7 Å². The van der Waals surface area contributed by atoms with Crippen molar-refractivity contribution in [2.45, 2.75) is 38.8 Å². The zero-order valence-electron chi connectivity index (χ0n) is 36.8. The molecule has 11 rings (SSSR count). The molecule has 3 saturated heterocycles. The standard InChI is InChI=1S/C23H32N10O3S.C18H21ClN8O/c1-24-22-25-13-17(14-26-22)19-28-20(30-9-11-36-12-10-30)18-21(29-19)33(15-16-3-4-16)23(27-18)31-5-7-32(8-6-31)37(2,34)35;1-20-18-21-8-12(9-22-18)14-24-15(26-4-6-28-7-5-26)13-16(25-14)27(17(19)23-13)10-11-2-3-11/h13-14,16H,3-12,15H2,1-2H3,(H,24,25,26);8-9,11H,2-7,10H2,1H3,(H,20,21,22). The van der Waals surface area contributed by atoms with Gasteiger partial charge in [-0.1, -0.05) is 0 Å². The lowest BCUT2D eigenvalue weighted by atomic mass is 10.3. The summed E-state index contributed by atoms with van der Waals surface area (Å²) in [6, 6.07) is 0. The summed E-state index contributed by atoms with van der Waals surface area (Å²) in [5.41, 5.74) is 4.55. The van der Waals surface area contributed by atoms with Gasteiger partial charge in [0.25, 0.3) is 0 Å². The third-order valence-corrected chi connectivity index (χ3v) is 13.8. The van der Waals surface area contributed by atoms with E-state index in [4.69, 9.17) is 46.0 Å². The maximum absolute atomic E-state index is 12.1. The molecule has 5 fully saturated rings. The molecule has 5 aliphatic rings. The molecule has 0 radical (unpaired) electrons. The van der Waals surface area contributed by atoms with Crippen molar-refractivity contribution in [3.8, 4) is 22.8 Å². The Kier molecular flexibility index (Phi) is 12.2. The third kappa shape index (κ3) is 9.42. The van der Waals surface area contributed by atoms with Crippen LogP contribution in [-0.4, -0.2) is 171 Å². The summed E-state index contributed by atoms with van der Waals surface area (Å²) < 4.78 is 41.0. The molecule has 6 aromatic rings. The summed E-state index contributed by atoms with van der Waals surface area (Å²) in [5.74, 6) is 5.87. The first-order valence-electron chi connectivity index (χ1n) is 22.2. The minimum absolute atomic E-state index is 0.438. The molecule has 9 heterocycles. The number of sulfonamides is 1. The Balaban J connectivity index is 0.000000159. The van der Waals surface area contributed by atoms with Crippen LogP contribution in [-0.2, 0) is 32.6 Å². The largest absolute Gasteiger partial charge is 0.378 e. The number of imidazole rings is 2. The number of hydrogen-bond acceptors (Lipinski definition) is 19. The highest BCUT2D eigenvalue weighted by Crippen LogP contribution is 2.38. The van der Waals surface area contributed by atoms with Crippen molar-refractivity contribution in [1.29, 1.82) is 0 Å². The first kappa shape index (κ1) is 43.3. The van der Waals surface area contributed by atoms with Gasteiger partial charge in [-0.2, -0.15) is 4.31 Å². The van der Waals surface area contributed by atoms with Crippen LogP contribution >= 0.6 is 11.6 Å². The Hall–Kier alpha value is -5.62. The lowest BCUT2D eigenvalue weighted by Gasteiger charge is -2.34. The van der Waals surface area contributed by atoms with Crippen molar-refractivity contribution >= 4 is 73.4 Å². The van der Waals surface area contributed by atoms with Gasteiger partial charge in [0.15, 0.2) is 45.6 Å². The molecule has 65 heavy (non-hydrogen) atoms. The van der Waals surface area contributed by atoms with Crippen LogP contribution in [0.25, 0.3) is 45.1 Å². The zero-order chi connectivity index (χ0) is 44.7. The Morgan fingerprint density at radius 2 is 1.05 bits per heavy atom. The molecule has 2 aliphatic carbocycles. The van der Waals surface area contributed by atoms with E-state index < -0.39 is 10.0 Å². The van der Waals surface area contributed by atoms with E-state index in [1.54, 1.807) is 38.9 Å². The second kappa shape index (κ2) is 18.3. The van der Waals surface area contributed by atoms with Crippen molar-refractivity contribution in [3.05, 3.63) is 30.1 Å². The third-order valence-electron chi connectivity index (χ3n) is 12.2. The van der Waals surface area contributed by atoms with Gasteiger partial charge in [0.1, 0.15) is 0 Å². The van der Waals surface area contributed by atoms with E-state index in [-0.39, 0.29) is 0 Å². The van der Waals surface area contributed by atoms with Crippen LogP contribution in [0.15, 0.2) is 24.8 Å². The van der Waals surface area contributed by atoms with Gasteiger partial charge in [-0.15, -0.1) is 0 Å². The quantitative estimate of drug-likeness (QED) is 0.168. The van der Waals surface area contributed by atoms with E-state index >= 15 is 0 Å². The molecule has 0 amide bonds. The van der Waals surface area contributed by atoms with Gasteiger partial charge in [0.2, 0.25) is 33.2 Å². The van der Waals surface area contributed by atoms with Crippen LogP contribution in [0.4, 0.5) is 29.5 Å². The number of piperazine rings is 1. The molecule has 2 N–H and O–H groups in total. The molecule has 0 atom stereocenters. The Bertz CT molecular complexity index is 2750. The Morgan fingerprint density at radius 3 is 1.49 bits per heavy atom. The molecule has 2 saturated carbocycles. The monoisotopic (exact) mass is 928 g/mol. The number of anilines is 5. The Morgan fingerprint density at radius 1 is 0.600 bits per heavy atom. The van der Waals surface area contributed by atoms with Crippen molar-refractivity contribution in [2.24, 2.45) is 11.8 Å². The summed E-state index contributed by atoms with van der Waals surface area (Å²) in [4.78, 5) is 53.2. The summed E-state index contributed by atoms with van der Waals surface area (Å²) in [6.07, 6.45) is 13.0. The number of fused-ring (bicyclic) bond motifs is 2. The normalized spacial score (nSPS) is 18.6. The zero-order valence-corrected chi connectivity index (χ0v) is 38.3. The van der Waals surface area contributed by atoms with Gasteiger partial charge < -0.3 is 34.8 Å². The second-order valence-corrected chi connectivity index (χ2v) is 19.2. The molecule has 24 heteroatoms. The maximum atomic E-state index is 12.1. The van der Waals surface area contributed by atoms with E-state index in [1.165, 1.54) is 36.2 Å². The number of morpholine rings is 2. The van der Waals surface area contributed by atoms with Crippen molar-refractivity contribution in [3.63, 3.8) is 0 Å². The van der Waals surface area contributed by atoms with Crippen LogP contribution in [0.5, 0.6) is 0 Å². The van der Waals surface area contributed by atoms with E-state index in [0.29, 0.717) is 93.3 Å². The average Bonchev–Trinajstić information content (AvgIpc) is 4.29. The Labute approximate surface area is 381 Å². The maximum Gasteiger partial charge on any atom is 0.222 e. The van der Waals surface area contributed by atoms with E-state index in [2.05, 4.69) is 54.8 Å². The van der Waals surface area contributed by atoms with Crippen LogP contribution < -0.4 is 25.3 Å². The SMILES string of the molecule is CNc1ncc(-c2nc(N3CCOCC3)c3nc(Cl)n(CC4CC4)c3n2)cn1.CNc1ncc(-c2nc(N3CCOCC3)c3nc(N4CCN(S(C)(=O)=O)CC4)n(CC4CC4)c3n2)cn1. The molecule has 22 nitrogen and oxygen atoms in total. The minimum Gasteiger partial charge on any atom is -0.378 e.